The number of nitrogens with one attached hydrogen (secondary N) is 1. The molecule has 0 aromatic heterocycles. The van der Waals surface area contributed by atoms with Gasteiger partial charge in [0.1, 0.15) is 0 Å². The van der Waals surface area contributed by atoms with Gasteiger partial charge in [-0.15, -0.1) is 0 Å². The Morgan fingerprint density at radius 2 is 1.59 bits per heavy atom. The molecule has 88 valence electrons. The van der Waals surface area contributed by atoms with E-state index in [9.17, 15) is 0 Å². The van der Waals surface area contributed by atoms with Crippen LogP contribution in [0.4, 0.5) is 17.1 Å². The van der Waals surface area contributed by atoms with Crippen molar-refractivity contribution in [3.05, 3.63) is 51.1 Å². The van der Waals surface area contributed by atoms with Gasteiger partial charge >= 0.3 is 0 Å². The average molecular weight is 338 g/mol. The van der Waals surface area contributed by atoms with Crippen molar-refractivity contribution in [3.8, 4) is 0 Å². The van der Waals surface area contributed by atoms with Gasteiger partial charge in [-0.25, -0.2) is 0 Å². The summed E-state index contributed by atoms with van der Waals surface area (Å²) in [5.41, 5.74) is 11.2. The first-order chi connectivity index (χ1) is 8.06. The summed E-state index contributed by atoms with van der Waals surface area (Å²) in [6, 6.07) is 12.3. The van der Waals surface area contributed by atoms with Crippen LogP contribution in [0.5, 0.6) is 0 Å². The highest BCUT2D eigenvalue weighted by Gasteiger charge is 2.00. The predicted molar refractivity (Wildman–Crippen MR) is 82.8 cm³/mol. The highest BCUT2D eigenvalue weighted by atomic mass is 127. The lowest BCUT2D eigenvalue weighted by atomic mass is 10.1. The molecule has 2 rings (SSSR count). The molecule has 0 saturated heterocycles. The van der Waals surface area contributed by atoms with Crippen LogP contribution < -0.4 is 11.1 Å². The Hall–Kier alpha value is -1.23. The fraction of sp³-hybridized carbons (Fsp3) is 0.143. The molecular formula is C14H15IN2. The monoisotopic (exact) mass is 338 g/mol. The number of rotatable bonds is 2. The van der Waals surface area contributed by atoms with E-state index in [4.69, 9.17) is 5.73 Å². The first kappa shape index (κ1) is 12.2. The van der Waals surface area contributed by atoms with Gasteiger partial charge in [0, 0.05) is 20.6 Å². The molecule has 3 N–H and O–H groups in total. The highest BCUT2D eigenvalue weighted by Crippen LogP contribution is 2.23. The van der Waals surface area contributed by atoms with Crippen LogP contribution in [0.25, 0.3) is 0 Å². The standard InChI is InChI=1S/C14H15IN2/c1-9-3-4-12(8-13(9)15)17-11-5-6-14(16)10(2)7-11/h3-8,17H,16H2,1-2H3. The zero-order valence-corrected chi connectivity index (χ0v) is 12.1. The van der Waals surface area contributed by atoms with Gasteiger partial charge in [-0.1, -0.05) is 6.07 Å². The van der Waals surface area contributed by atoms with Crippen LogP contribution in [0.2, 0.25) is 0 Å². The molecule has 3 heteroatoms. The SMILES string of the molecule is Cc1cc(Nc2ccc(C)c(I)c2)ccc1N. The van der Waals surface area contributed by atoms with Gasteiger partial charge in [0.15, 0.2) is 0 Å². The molecule has 0 saturated carbocycles. The quantitative estimate of drug-likeness (QED) is 0.635. The van der Waals surface area contributed by atoms with E-state index in [1.807, 2.05) is 19.1 Å². The van der Waals surface area contributed by atoms with E-state index in [1.165, 1.54) is 9.13 Å². The smallest absolute Gasteiger partial charge is 0.0395 e. The predicted octanol–water partition coefficient (Wildman–Crippen LogP) is 4.23. The maximum Gasteiger partial charge on any atom is 0.0395 e. The fourth-order valence-corrected chi connectivity index (χ4v) is 2.11. The van der Waals surface area contributed by atoms with Crippen molar-refractivity contribution in [1.29, 1.82) is 0 Å². The molecule has 0 aliphatic carbocycles. The third kappa shape index (κ3) is 2.91. The van der Waals surface area contributed by atoms with Gasteiger partial charge in [-0.2, -0.15) is 0 Å². The summed E-state index contributed by atoms with van der Waals surface area (Å²) in [6.45, 7) is 4.12. The molecule has 2 aromatic carbocycles. The second kappa shape index (κ2) is 4.96. The topological polar surface area (TPSA) is 38.0 Å². The van der Waals surface area contributed by atoms with Gasteiger partial charge in [0.2, 0.25) is 0 Å². The van der Waals surface area contributed by atoms with Crippen molar-refractivity contribution in [3.63, 3.8) is 0 Å². The summed E-state index contributed by atoms with van der Waals surface area (Å²) in [7, 11) is 0. The van der Waals surface area contributed by atoms with E-state index in [2.05, 4.69) is 59.1 Å². The Morgan fingerprint density at radius 3 is 2.24 bits per heavy atom. The maximum atomic E-state index is 5.80. The lowest BCUT2D eigenvalue weighted by Crippen LogP contribution is -1.94. The molecule has 0 aliphatic rings. The first-order valence-electron chi connectivity index (χ1n) is 5.45. The molecule has 0 fully saturated rings. The molecular weight excluding hydrogens is 323 g/mol. The van der Waals surface area contributed by atoms with E-state index in [1.54, 1.807) is 0 Å². The molecule has 17 heavy (non-hydrogen) atoms. The minimum atomic E-state index is 0.828. The van der Waals surface area contributed by atoms with Gasteiger partial charge in [0.25, 0.3) is 0 Å². The van der Waals surface area contributed by atoms with Gasteiger partial charge in [-0.3, -0.25) is 0 Å². The zero-order valence-electron chi connectivity index (χ0n) is 9.92. The number of hydrogen-bond donors (Lipinski definition) is 2. The Labute approximate surface area is 115 Å². The number of aryl methyl sites for hydroxylation is 2. The summed E-state index contributed by atoms with van der Waals surface area (Å²) in [5.74, 6) is 0. The van der Waals surface area contributed by atoms with Crippen molar-refractivity contribution in [2.45, 2.75) is 13.8 Å². The Balaban J connectivity index is 2.25. The molecule has 2 aromatic rings. The Kier molecular flexibility index (Phi) is 3.57. The van der Waals surface area contributed by atoms with Crippen molar-refractivity contribution >= 4 is 39.7 Å². The molecule has 0 unspecified atom stereocenters. The number of nitrogens with two attached hydrogens (primary N) is 1. The summed E-state index contributed by atoms with van der Waals surface area (Å²) < 4.78 is 1.26. The minimum Gasteiger partial charge on any atom is -0.399 e. The average Bonchev–Trinajstić information content (AvgIpc) is 2.29. The van der Waals surface area contributed by atoms with Crippen LogP contribution in [0.3, 0.4) is 0 Å². The second-order valence-electron chi connectivity index (χ2n) is 4.16. The zero-order chi connectivity index (χ0) is 12.4. The third-order valence-corrected chi connectivity index (χ3v) is 3.89. The molecule has 0 aliphatic heterocycles. The molecule has 0 spiro atoms. The summed E-state index contributed by atoms with van der Waals surface area (Å²) in [4.78, 5) is 0. The van der Waals surface area contributed by atoms with Gasteiger partial charge < -0.3 is 11.1 Å². The van der Waals surface area contributed by atoms with Crippen LogP contribution in [-0.4, -0.2) is 0 Å². The summed E-state index contributed by atoms with van der Waals surface area (Å²) >= 11 is 2.34. The number of hydrogen-bond acceptors (Lipinski definition) is 2. The van der Waals surface area contributed by atoms with E-state index >= 15 is 0 Å². The van der Waals surface area contributed by atoms with Crippen molar-refractivity contribution in [1.82, 2.24) is 0 Å². The maximum absolute atomic E-state index is 5.80. The third-order valence-electron chi connectivity index (χ3n) is 2.73. The molecule has 0 heterocycles. The number of benzene rings is 2. The molecule has 0 atom stereocenters. The number of nitrogen functional groups attached to an aromatic ring is 1. The molecule has 0 radical (unpaired) electrons. The van der Waals surface area contributed by atoms with E-state index in [-0.39, 0.29) is 0 Å². The van der Waals surface area contributed by atoms with E-state index in [0.29, 0.717) is 0 Å². The molecule has 0 amide bonds. The van der Waals surface area contributed by atoms with E-state index in [0.717, 1.165) is 22.6 Å². The largest absolute Gasteiger partial charge is 0.399 e. The highest BCUT2D eigenvalue weighted by molar-refractivity contribution is 14.1. The normalized spacial score (nSPS) is 10.3. The second-order valence-corrected chi connectivity index (χ2v) is 5.32. The van der Waals surface area contributed by atoms with Crippen molar-refractivity contribution < 1.29 is 0 Å². The Bertz CT molecular complexity index is 500. The number of halogens is 1. The molecule has 2 nitrogen and oxygen atoms in total. The van der Waals surface area contributed by atoms with Crippen LogP contribution in [0.1, 0.15) is 11.1 Å². The summed E-state index contributed by atoms with van der Waals surface area (Å²) in [6.07, 6.45) is 0. The summed E-state index contributed by atoms with van der Waals surface area (Å²) in [5, 5.41) is 3.38. The van der Waals surface area contributed by atoms with E-state index < -0.39 is 0 Å². The van der Waals surface area contributed by atoms with Crippen LogP contribution in [0.15, 0.2) is 36.4 Å². The van der Waals surface area contributed by atoms with Gasteiger partial charge in [-0.05, 0) is 77.9 Å². The fourth-order valence-electron chi connectivity index (χ4n) is 1.59. The van der Waals surface area contributed by atoms with Crippen LogP contribution >= 0.6 is 22.6 Å². The Morgan fingerprint density at radius 1 is 0.941 bits per heavy atom. The molecule has 0 bridgehead atoms. The number of anilines is 3. The van der Waals surface area contributed by atoms with Crippen LogP contribution in [0, 0.1) is 17.4 Å². The van der Waals surface area contributed by atoms with Crippen molar-refractivity contribution in [2.75, 3.05) is 11.1 Å². The van der Waals surface area contributed by atoms with Gasteiger partial charge in [0.05, 0.1) is 0 Å². The lowest BCUT2D eigenvalue weighted by Gasteiger charge is -2.09. The lowest BCUT2D eigenvalue weighted by molar-refractivity contribution is 1.40. The first-order valence-corrected chi connectivity index (χ1v) is 6.53. The van der Waals surface area contributed by atoms with Crippen molar-refractivity contribution in [2.24, 2.45) is 0 Å². The van der Waals surface area contributed by atoms with Crippen LogP contribution in [-0.2, 0) is 0 Å². The minimum absolute atomic E-state index is 0.828.